The van der Waals surface area contributed by atoms with Crippen LogP contribution in [-0.4, -0.2) is 10.2 Å². The standard InChI is InChI=1S/C12H11NO2/c14-11-7-6-10(8-12(11)15)13-9-4-2-1-3-5-9/h1-8,13-15H. The number of para-hydroxylation sites is 1. The zero-order chi connectivity index (χ0) is 10.7. The summed E-state index contributed by atoms with van der Waals surface area (Å²) in [5.74, 6) is -0.246. The van der Waals surface area contributed by atoms with Crippen LogP contribution < -0.4 is 5.32 Å². The van der Waals surface area contributed by atoms with E-state index in [4.69, 9.17) is 5.11 Å². The molecule has 2 rings (SSSR count). The number of anilines is 2. The van der Waals surface area contributed by atoms with Crippen molar-refractivity contribution in [3.8, 4) is 11.5 Å². The van der Waals surface area contributed by atoms with Crippen LogP contribution in [0.15, 0.2) is 48.5 Å². The van der Waals surface area contributed by atoms with E-state index in [2.05, 4.69) is 5.32 Å². The number of phenols is 2. The molecule has 0 radical (unpaired) electrons. The number of nitrogens with one attached hydrogen (secondary N) is 1. The van der Waals surface area contributed by atoms with Gasteiger partial charge in [0, 0.05) is 17.4 Å². The molecule has 0 atom stereocenters. The van der Waals surface area contributed by atoms with Gasteiger partial charge in [0.25, 0.3) is 0 Å². The van der Waals surface area contributed by atoms with E-state index in [0.29, 0.717) is 0 Å². The van der Waals surface area contributed by atoms with Gasteiger partial charge in [0.15, 0.2) is 11.5 Å². The molecule has 0 aliphatic heterocycles. The first-order chi connectivity index (χ1) is 7.25. The largest absolute Gasteiger partial charge is 0.504 e. The molecule has 0 unspecified atom stereocenters. The minimum absolute atomic E-state index is 0.117. The molecule has 3 N–H and O–H groups in total. The van der Waals surface area contributed by atoms with Crippen molar-refractivity contribution in [1.29, 1.82) is 0 Å². The molecule has 0 bridgehead atoms. The minimum atomic E-state index is -0.129. The number of rotatable bonds is 2. The highest BCUT2D eigenvalue weighted by molar-refractivity contribution is 5.62. The summed E-state index contributed by atoms with van der Waals surface area (Å²) >= 11 is 0. The minimum Gasteiger partial charge on any atom is -0.504 e. The van der Waals surface area contributed by atoms with Gasteiger partial charge in [0.05, 0.1) is 0 Å². The monoisotopic (exact) mass is 201 g/mol. The van der Waals surface area contributed by atoms with Crippen LogP contribution >= 0.6 is 0 Å². The van der Waals surface area contributed by atoms with Crippen molar-refractivity contribution in [2.75, 3.05) is 5.32 Å². The highest BCUT2D eigenvalue weighted by Gasteiger charge is 2.00. The van der Waals surface area contributed by atoms with Gasteiger partial charge < -0.3 is 15.5 Å². The molecular weight excluding hydrogens is 190 g/mol. The van der Waals surface area contributed by atoms with Gasteiger partial charge in [0.1, 0.15) is 0 Å². The highest BCUT2D eigenvalue weighted by atomic mass is 16.3. The molecule has 3 heteroatoms. The third-order valence-corrected chi connectivity index (χ3v) is 2.04. The molecule has 2 aromatic carbocycles. The highest BCUT2D eigenvalue weighted by Crippen LogP contribution is 2.28. The molecule has 0 aliphatic carbocycles. The smallest absolute Gasteiger partial charge is 0.159 e. The summed E-state index contributed by atoms with van der Waals surface area (Å²) in [5, 5.41) is 21.5. The number of benzene rings is 2. The average Bonchev–Trinajstić information content (AvgIpc) is 2.25. The van der Waals surface area contributed by atoms with E-state index >= 15 is 0 Å². The molecule has 0 aromatic heterocycles. The van der Waals surface area contributed by atoms with Crippen LogP contribution in [-0.2, 0) is 0 Å². The lowest BCUT2D eigenvalue weighted by molar-refractivity contribution is 0.404. The molecule has 76 valence electrons. The molecule has 0 heterocycles. The van der Waals surface area contributed by atoms with Crippen LogP contribution in [0, 0.1) is 0 Å². The fraction of sp³-hybridized carbons (Fsp3) is 0. The topological polar surface area (TPSA) is 52.5 Å². The fourth-order valence-corrected chi connectivity index (χ4v) is 1.29. The molecule has 0 spiro atoms. The zero-order valence-corrected chi connectivity index (χ0v) is 8.01. The lowest BCUT2D eigenvalue weighted by Gasteiger charge is -2.06. The Balaban J connectivity index is 2.22. The van der Waals surface area contributed by atoms with Crippen molar-refractivity contribution < 1.29 is 10.2 Å². The maximum absolute atomic E-state index is 9.29. The Hall–Kier alpha value is -2.16. The molecule has 0 amide bonds. The van der Waals surface area contributed by atoms with Crippen LogP contribution in [0.4, 0.5) is 11.4 Å². The molecule has 3 nitrogen and oxygen atoms in total. The van der Waals surface area contributed by atoms with Crippen molar-refractivity contribution in [3.63, 3.8) is 0 Å². The van der Waals surface area contributed by atoms with E-state index in [9.17, 15) is 5.11 Å². The van der Waals surface area contributed by atoms with E-state index in [-0.39, 0.29) is 11.5 Å². The quantitative estimate of drug-likeness (QED) is 0.517. The first-order valence-corrected chi connectivity index (χ1v) is 4.60. The fourth-order valence-electron chi connectivity index (χ4n) is 1.29. The van der Waals surface area contributed by atoms with Crippen molar-refractivity contribution in [2.24, 2.45) is 0 Å². The van der Waals surface area contributed by atoms with Crippen molar-refractivity contribution in [1.82, 2.24) is 0 Å². The predicted octanol–water partition coefficient (Wildman–Crippen LogP) is 2.84. The van der Waals surface area contributed by atoms with Gasteiger partial charge in [-0.1, -0.05) is 18.2 Å². The van der Waals surface area contributed by atoms with E-state index in [1.807, 2.05) is 30.3 Å². The van der Waals surface area contributed by atoms with Gasteiger partial charge in [-0.25, -0.2) is 0 Å². The van der Waals surface area contributed by atoms with Crippen molar-refractivity contribution in [2.45, 2.75) is 0 Å². The van der Waals surface area contributed by atoms with E-state index in [1.54, 1.807) is 6.07 Å². The summed E-state index contributed by atoms with van der Waals surface area (Å²) in [5.41, 5.74) is 1.67. The normalized spacial score (nSPS) is 9.87. The number of phenolic OH excluding ortho intramolecular Hbond substituents is 2. The van der Waals surface area contributed by atoms with Gasteiger partial charge >= 0.3 is 0 Å². The average molecular weight is 201 g/mol. The van der Waals surface area contributed by atoms with Crippen molar-refractivity contribution >= 4 is 11.4 Å². The van der Waals surface area contributed by atoms with Gasteiger partial charge in [-0.05, 0) is 24.3 Å². The summed E-state index contributed by atoms with van der Waals surface area (Å²) < 4.78 is 0. The Kier molecular flexibility index (Phi) is 2.46. The molecule has 0 saturated heterocycles. The SMILES string of the molecule is Oc1ccc(Nc2ccccc2)cc1O. The van der Waals surface area contributed by atoms with Gasteiger partial charge in [-0.2, -0.15) is 0 Å². The van der Waals surface area contributed by atoms with E-state index in [0.717, 1.165) is 11.4 Å². The van der Waals surface area contributed by atoms with E-state index < -0.39 is 0 Å². The molecule has 2 aromatic rings. The summed E-state index contributed by atoms with van der Waals surface area (Å²) in [6.45, 7) is 0. The maximum atomic E-state index is 9.29. The Morgan fingerprint density at radius 2 is 1.47 bits per heavy atom. The van der Waals surface area contributed by atoms with Crippen LogP contribution in [0.1, 0.15) is 0 Å². The first kappa shape index (κ1) is 9.40. The zero-order valence-electron chi connectivity index (χ0n) is 8.01. The summed E-state index contributed by atoms with van der Waals surface area (Å²) in [6, 6.07) is 14.2. The molecular formula is C12H11NO2. The van der Waals surface area contributed by atoms with Crippen LogP contribution in [0.5, 0.6) is 11.5 Å². The summed E-state index contributed by atoms with van der Waals surface area (Å²) in [7, 11) is 0. The third kappa shape index (κ3) is 2.20. The lowest BCUT2D eigenvalue weighted by atomic mass is 10.2. The summed E-state index contributed by atoms with van der Waals surface area (Å²) in [4.78, 5) is 0. The van der Waals surface area contributed by atoms with Gasteiger partial charge in [0.2, 0.25) is 0 Å². The first-order valence-electron chi connectivity index (χ1n) is 4.60. The second-order valence-electron chi connectivity index (χ2n) is 3.19. The van der Waals surface area contributed by atoms with Gasteiger partial charge in [-0.15, -0.1) is 0 Å². The Bertz CT molecular complexity index is 454. The predicted molar refractivity (Wildman–Crippen MR) is 59.5 cm³/mol. The third-order valence-electron chi connectivity index (χ3n) is 2.04. The second-order valence-corrected chi connectivity index (χ2v) is 3.19. The van der Waals surface area contributed by atoms with Crippen LogP contribution in [0.25, 0.3) is 0 Å². The van der Waals surface area contributed by atoms with Crippen molar-refractivity contribution in [3.05, 3.63) is 48.5 Å². The lowest BCUT2D eigenvalue weighted by Crippen LogP contribution is -1.88. The Morgan fingerprint density at radius 1 is 0.733 bits per heavy atom. The Morgan fingerprint density at radius 3 is 2.13 bits per heavy atom. The molecule has 0 aliphatic rings. The number of aromatic hydroxyl groups is 2. The molecule has 0 saturated carbocycles. The molecule has 15 heavy (non-hydrogen) atoms. The summed E-state index contributed by atoms with van der Waals surface area (Å²) in [6.07, 6.45) is 0. The van der Waals surface area contributed by atoms with Crippen LogP contribution in [0.2, 0.25) is 0 Å². The Labute approximate surface area is 87.6 Å². The van der Waals surface area contributed by atoms with Crippen LogP contribution in [0.3, 0.4) is 0 Å². The van der Waals surface area contributed by atoms with Gasteiger partial charge in [-0.3, -0.25) is 0 Å². The second kappa shape index (κ2) is 3.92. The number of hydrogen-bond acceptors (Lipinski definition) is 3. The molecule has 0 fully saturated rings. The van der Waals surface area contributed by atoms with E-state index in [1.165, 1.54) is 12.1 Å². The maximum Gasteiger partial charge on any atom is 0.159 e. The number of hydrogen-bond donors (Lipinski definition) is 3.